The lowest BCUT2D eigenvalue weighted by molar-refractivity contribution is -0.121. The molecule has 1 aliphatic heterocycles. The normalized spacial score (nSPS) is 13.7. The molecule has 0 atom stereocenters. The van der Waals surface area contributed by atoms with E-state index in [1.165, 1.54) is 4.90 Å². The first-order chi connectivity index (χ1) is 8.99. The van der Waals surface area contributed by atoms with Crippen molar-refractivity contribution in [3.05, 3.63) is 23.8 Å². The highest BCUT2D eigenvalue weighted by Crippen LogP contribution is 2.32. The third kappa shape index (κ3) is 2.73. The van der Waals surface area contributed by atoms with Crippen LogP contribution in [0.15, 0.2) is 18.2 Å². The van der Waals surface area contributed by atoms with Crippen LogP contribution in [0.4, 0.5) is 5.69 Å². The van der Waals surface area contributed by atoms with Gasteiger partial charge in [-0.3, -0.25) is 14.4 Å². The Morgan fingerprint density at radius 3 is 2.79 bits per heavy atom. The highest BCUT2D eigenvalue weighted by atomic mass is 16.5. The average Bonchev–Trinajstić information content (AvgIpc) is 2.40. The Hall–Kier alpha value is -2.37. The summed E-state index contributed by atoms with van der Waals surface area (Å²) >= 11 is 0. The largest absolute Gasteiger partial charge is 0.482 e. The fourth-order valence-electron chi connectivity index (χ4n) is 1.83. The number of anilines is 1. The SMILES string of the molecule is CN1C(=O)COc2ccc(C(=O)CCC(N)=O)cc21. The second kappa shape index (κ2) is 5.09. The zero-order chi connectivity index (χ0) is 14.0. The van der Waals surface area contributed by atoms with Gasteiger partial charge in [-0.15, -0.1) is 0 Å². The Labute approximate surface area is 110 Å². The molecular formula is C13H14N2O4. The smallest absolute Gasteiger partial charge is 0.264 e. The van der Waals surface area contributed by atoms with Gasteiger partial charge in [0, 0.05) is 25.5 Å². The van der Waals surface area contributed by atoms with Gasteiger partial charge in [0.05, 0.1) is 5.69 Å². The van der Waals surface area contributed by atoms with Crippen LogP contribution in [0.5, 0.6) is 5.75 Å². The van der Waals surface area contributed by atoms with Crippen LogP contribution >= 0.6 is 0 Å². The van der Waals surface area contributed by atoms with Gasteiger partial charge in [-0.1, -0.05) is 0 Å². The summed E-state index contributed by atoms with van der Waals surface area (Å²) in [4.78, 5) is 35.5. The van der Waals surface area contributed by atoms with Crippen molar-refractivity contribution in [2.24, 2.45) is 5.73 Å². The van der Waals surface area contributed by atoms with E-state index in [-0.39, 0.29) is 31.1 Å². The lowest BCUT2D eigenvalue weighted by atomic mass is 10.0. The summed E-state index contributed by atoms with van der Waals surface area (Å²) < 4.78 is 5.26. The molecule has 0 saturated heterocycles. The predicted octanol–water partition coefficient (Wildman–Crippen LogP) is 0.490. The zero-order valence-corrected chi connectivity index (χ0v) is 10.5. The minimum absolute atomic E-state index is 0.00152. The topological polar surface area (TPSA) is 89.7 Å². The van der Waals surface area contributed by atoms with E-state index in [9.17, 15) is 14.4 Å². The van der Waals surface area contributed by atoms with E-state index in [0.29, 0.717) is 17.0 Å². The minimum atomic E-state index is -0.512. The lowest BCUT2D eigenvalue weighted by Crippen LogP contribution is -2.35. The van der Waals surface area contributed by atoms with Gasteiger partial charge in [-0.05, 0) is 18.2 Å². The van der Waals surface area contributed by atoms with Crippen LogP contribution in [0.3, 0.4) is 0 Å². The molecule has 0 fully saturated rings. The molecule has 1 heterocycles. The van der Waals surface area contributed by atoms with Crippen LogP contribution in [0.2, 0.25) is 0 Å². The van der Waals surface area contributed by atoms with Crippen LogP contribution in [0.1, 0.15) is 23.2 Å². The van der Waals surface area contributed by atoms with Crippen LogP contribution < -0.4 is 15.4 Å². The first-order valence-electron chi connectivity index (χ1n) is 5.84. The van der Waals surface area contributed by atoms with Crippen molar-refractivity contribution in [2.45, 2.75) is 12.8 Å². The van der Waals surface area contributed by atoms with Gasteiger partial charge in [0.2, 0.25) is 5.91 Å². The number of fused-ring (bicyclic) bond motifs is 1. The standard InChI is InChI=1S/C13H14N2O4/c1-15-9-6-8(10(16)3-5-12(14)17)2-4-11(9)19-7-13(15)18/h2,4,6H,3,5,7H2,1H3,(H2,14,17). The number of nitrogens with two attached hydrogens (primary N) is 1. The summed E-state index contributed by atoms with van der Waals surface area (Å²) in [6.45, 7) is -0.00152. The molecule has 6 heteroatoms. The molecule has 0 saturated carbocycles. The summed E-state index contributed by atoms with van der Waals surface area (Å²) in [6, 6.07) is 4.86. The van der Waals surface area contributed by atoms with Gasteiger partial charge in [-0.25, -0.2) is 0 Å². The first kappa shape index (κ1) is 13.1. The molecule has 2 rings (SSSR count). The predicted molar refractivity (Wildman–Crippen MR) is 68.1 cm³/mol. The highest BCUT2D eigenvalue weighted by molar-refractivity contribution is 6.02. The van der Waals surface area contributed by atoms with Crippen molar-refractivity contribution in [2.75, 3.05) is 18.6 Å². The van der Waals surface area contributed by atoms with Crippen LogP contribution in [-0.4, -0.2) is 31.3 Å². The minimum Gasteiger partial charge on any atom is -0.482 e. The summed E-state index contributed by atoms with van der Waals surface area (Å²) in [7, 11) is 1.63. The van der Waals surface area contributed by atoms with E-state index >= 15 is 0 Å². The Morgan fingerprint density at radius 1 is 1.37 bits per heavy atom. The molecule has 2 N–H and O–H groups in total. The second-order valence-corrected chi connectivity index (χ2v) is 4.31. The molecule has 6 nitrogen and oxygen atoms in total. The number of rotatable bonds is 4. The van der Waals surface area contributed by atoms with Crippen molar-refractivity contribution in [3.8, 4) is 5.75 Å². The molecule has 19 heavy (non-hydrogen) atoms. The highest BCUT2D eigenvalue weighted by Gasteiger charge is 2.23. The molecule has 1 aromatic carbocycles. The fraction of sp³-hybridized carbons (Fsp3) is 0.308. The van der Waals surface area contributed by atoms with E-state index in [1.54, 1.807) is 25.2 Å². The third-order valence-corrected chi connectivity index (χ3v) is 2.97. The molecule has 0 unspecified atom stereocenters. The number of ether oxygens (including phenoxy) is 1. The van der Waals surface area contributed by atoms with Gasteiger partial charge >= 0.3 is 0 Å². The zero-order valence-electron chi connectivity index (χ0n) is 10.5. The second-order valence-electron chi connectivity index (χ2n) is 4.31. The van der Waals surface area contributed by atoms with Gasteiger partial charge in [0.1, 0.15) is 5.75 Å². The van der Waals surface area contributed by atoms with Gasteiger partial charge in [0.15, 0.2) is 12.4 Å². The number of likely N-dealkylation sites (N-methyl/N-ethyl adjacent to an activating group) is 1. The van der Waals surface area contributed by atoms with Crippen LogP contribution in [0, 0.1) is 0 Å². The Balaban J connectivity index is 2.23. The first-order valence-corrected chi connectivity index (χ1v) is 5.84. The Morgan fingerprint density at radius 2 is 2.11 bits per heavy atom. The number of nitrogens with zero attached hydrogens (tertiary/aromatic N) is 1. The van der Waals surface area contributed by atoms with E-state index in [0.717, 1.165) is 0 Å². The van der Waals surface area contributed by atoms with E-state index in [2.05, 4.69) is 0 Å². The number of hydrogen-bond acceptors (Lipinski definition) is 4. The number of amides is 2. The van der Waals surface area contributed by atoms with Gasteiger partial charge < -0.3 is 15.4 Å². The maximum Gasteiger partial charge on any atom is 0.264 e. The lowest BCUT2D eigenvalue weighted by Gasteiger charge is -2.26. The third-order valence-electron chi connectivity index (χ3n) is 2.97. The number of primary amides is 1. The molecule has 0 spiro atoms. The van der Waals surface area contributed by atoms with E-state index in [1.807, 2.05) is 0 Å². The molecule has 0 radical (unpaired) electrons. The van der Waals surface area contributed by atoms with Crippen LogP contribution in [0.25, 0.3) is 0 Å². The summed E-state index contributed by atoms with van der Waals surface area (Å²) in [5.41, 5.74) is 6.00. The monoisotopic (exact) mass is 262 g/mol. The average molecular weight is 262 g/mol. The Bertz CT molecular complexity index is 554. The molecule has 0 bridgehead atoms. The van der Waals surface area contributed by atoms with Crippen molar-refractivity contribution < 1.29 is 19.1 Å². The van der Waals surface area contributed by atoms with Crippen molar-refractivity contribution in [1.82, 2.24) is 0 Å². The quantitative estimate of drug-likeness (QED) is 0.799. The van der Waals surface area contributed by atoms with Gasteiger partial charge in [-0.2, -0.15) is 0 Å². The fourth-order valence-corrected chi connectivity index (χ4v) is 1.83. The molecule has 100 valence electrons. The number of carbonyl (C=O) groups excluding carboxylic acids is 3. The van der Waals surface area contributed by atoms with Crippen molar-refractivity contribution in [3.63, 3.8) is 0 Å². The molecule has 1 aromatic rings. The Kier molecular flexibility index (Phi) is 3.50. The summed E-state index contributed by atoms with van der Waals surface area (Å²) in [5, 5.41) is 0. The molecule has 1 aliphatic rings. The summed E-state index contributed by atoms with van der Waals surface area (Å²) in [5.74, 6) is -0.308. The van der Waals surface area contributed by atoms with Gasteiger partial charge in [0.25, 0.3) is 5.91 Å². The van der Waals surface area contributed by atoms with E-state index in [4.69, 9.17) is 10.5 Å². The maximum atomic E-state index is 11.9. The number of hydrogen-bond donors (Lipinski definition) is 1. The number of carbonyl (C=O) groups is 3. The van der Waals surface area contributed by atoms with E-state index < -0.39 is 5.91 Å². The maximum absolute atomic E-state index is 11.9. The molecule has 2 amide bonds. The number of Topliss-reactive ketones (excluding diaryl/α,β-unsaturated/α-hetero) is 1. The molecular weight excluding hydrogens is 248 g/mol. The summed E-state index contributed by atoms with van der Waals surface area (Å²) in [6.07, 6.45) is 0.0772. The number of ketones is 1. The number of benzene rings is 1. The van der Waals surface area contributed by atoms with Crippen LogP contribution in [-0.2, 0) is 9.59 Å². The molecule has 0 aliphatic carbocycles. The van der Waals surface area contributed by atoms with Crippen molar-refractivity contribution >= 4 is 23.3 Å². The molecule has 0 aromatic heterocycles. The van der Waals surface area contributed by atoms with Crippen molar-refractivity contribution in [1.29, 1.82) is 0 Å².